The number of nitrogens with zero attached hydrogens (tertiary/aromatic N) is 3. The molecule has 1 aromatic heterocycles. The lowest BCUT2D eigenvalue weighted by Gasteiger charge is -2.15. The molecule has 1 saturated heterocycles. The molecule has 25 heavy (non-hydrogen) atoms. The number of guanidine groups is 1. The summed E-state index contributed by atoms with van der Waals surface area (Å²) in [4.78, 5) is 10.2. The number of likely N-dealkylation sites (tertiary alicyclic amines) is 1. The zero-order valence-electron chi connectivity index (χ0n) is 14.5. The smallest absolute Gasteiger partial charge is 0.356 e. The van der Waals surface area contributed by atoms with Crippen molar-refractivity contribution in [3.8, 4) is 0 Å². The van der Waals surface area contributed by atoms with Crippen LogP contribution in [-0.4, -0.2) is 55.6 Å². The minimum Gasteiger partial charge on any atom is -0.356 e. The Kier molecular flexibility index (Phi) is 7.95. The van der Waals surface area contributed by atoms with Crippen LogP contribution in [-0.2, 0) is 12.6 Å². The quantitative estimate of drug-likeness (QED) is 0.416. The summed E-state index contributed by atoms with van der Waals surface area (Å²) in [6, 6.07) is 0. The van der Waals surface area contributed by atoms with Gasteiger partial charge in [-0.3, -0.25) is 4.99 Å². The third kappa shape index (κ3) is 7.19. The monoisotopic (exact) mass is 377 g/mol. The molecule has 2 rings (SSSR count). The van der Waals surface area contributed by atoms with E-state index in [0.29, 0.717) is 23.9 Å². The van der Waals surface area contributed by atoms with E-state index in [1.54, 1.807) is 7.05 Å². The van der Waals surface area contributed by atoms with Gasteiger partial charge >= 0.3 is 6.18 Å². The second kappa shape index (κ2) is 9.96. The molecular formula is C16H26F3N5S. The maximum Gasteiger partial charge on any atom is 0.434 e. The minimum absolute atomic E-state index is 0.441. The standard InChI is InChI=1S/C16H26F3N5S/c1-20-15(21-7-2-3-9-24-10-4-5-11-24)22-8-6-14-23-13(12-25-14)16(17,18)19/h12H,2-11H2,1H3,(H2,20,21,22). The predicted octanol–water partition coefficient (Wildman–Crippen LogP) is 2.75. The number of nitrogens with one attached hydrogen (secondary N) is 2. The Morgan fingerprint density at radius 2 is 1.96 bits per heavy atom. The number of aliphatic imine (C=N–C) groups is 1. The van der Waals surface area contributed by atoms with Crippen LogP contribution < -0.4 is 10.6 Å². The van der Waals surface area contributed by atoms with Crippen LogP contribution in [0.5, 0.6) is 0 Å². The van der Waals surface area contributed by atoms with Crippen LogP contribution >= 0.6 is 11.3 Å². The number of hydrogen-bond donors (Lipinski definition) is 2. The highest BCUT2D eigenvalue weighted by molar-refractivity contribution is 7.09. The van der Waals surface area contributed by atoms with Gasteiger partial charge < -0.3 is 15.5 Å². The molecule has 0 amide bonds. The zero-order chi connectivity index (χ0) is 18.1. The van der Waals surface area contributed by atoms with Crippen molar-refractivity contribution in [3.05, 3.63) is 16.1 Å². The van der Waals surface area contributed by atoms with Crippen molar-refractivity contribution in [3.63, 3.8) is 0 Å². The Morgan fingerprint density at radius 1 is 1.24 bits per heavy atom. The number of halogens is 3. The van der Waals surface area contributed by atoms with Crippen molar-refractivity contribution in [2.75, 3.05) is 39.8 Å². The van der Waals surface area contributed by atoms with Gasteiger partial charge in [0.05, 0.1) is 5.01 Å². The van der Waals surface area contributed by atoms with Gasteiger partial charge in [-0.2, -0.15) is 13.2 Å². The second-order valence-corrected chi connectivity index (χ2v) is 7.00. The Labute approximate surface area is 150 Å². The number of hydrogen-bond acceptors (Lipinski definition) is 4. The van der Waals surface area contributed by atoms with E-state index in [9.17, 15) is 13.2 Å². The fourth-order valence-corrected chi connectivity index (χ4v) is 3.54. The molecule has 1 aliphatic heterocycles. The first-order valence-electron chi connectivity index (χ1n) is 8.67. The molecule has 0 spiro atoms. The molecule has 0 saturated carbocycles. The van der Waals surface area contributed by atoms with Crippen molar-refractivity contribution >= 4 is 17.3 Å². The van der Waals surface area contributed by atoms with Crippen molar-refractivity contribution in [1.82, 2.24) is 20.5 Å². The summed E-state index contributed by atoms with van der Waals surface area (Å²) in [6.07, 6.45) is 0.934. The second-order valence-electron chi connectivity index (χ2n) is 6.06. The number of unbranched alkanes of at least 4 members (excludes halogenated alkanes) is 1. The van der Waals surface area contributed by atoms with Crippen LogP contribution in [0.15, 0.2) is 10.4 Å². The first-order valence-corrected chi connectivity index (χ1v) is 9.55. The van der Waals surface area contributed by atoms with Crippen LogP contribution in [0.25, 0.3) is 0 Å². The summed E-state index contributed by atoms with van der Waals surface area (Å²) in [5.74, 6) is 0.675. The summed E-state index contributed by atoms with van der Waals surface area (Å²) in [5.41, 5.74) is -0.812. The lowest BCUT2D eigenvalue weighted by molar-refractivity contribution is -0.140. The molecule has 2 heterocycles. The van der Waals surface area contributed by atoms with Crippen LogP contribution in [0.1, 0.15) is 36.4 Å². The van der Waals surface area contributed by atoms with Crippen LogP contribution in [0.4, 0.5) is 13.2 Å². The molecule has 0 atom stereocenters. The molecule has 0 unspecified atom stereocenters. The summed E-state index contributed by atoms with van der Waals surface area (Å²) in [6.45, 7) is 4.94. The van der Waals surface area contributed by atoms with E-state index >= 15 is 0 Å². The van der Waals surface area contributed by atoms with E-state index in [1.165, 1.54) is 25.9 Å². The molecule has 1 aliphatic rings. The lowest BCUT2D eigenvalue weighted by atomic mass is 10.3. The molecule has 0 aromatic carbocycles. The van der Waals surface area contributed by atoms with Crippen molar-refractivity contribution in [2.45, 2.75) is 38.3 Å². The van der Waals surface area contributed by atoms with Crippen LogP contribution in [0, 0.1) is 0 Å². The van der Waals surface area contributed by atoms with Crippen molar-refractivity contribution in [1.29, 1.82) is 0 Å². The molecule has 142 valence electrons. The SMILES string of the molecule is CN=C(NCCCCN1CCCC1)NCCc1nc(C(F)(F)F)cs1. The molecule has 2 N–H and O–H groups in total. The van der Waals surface area contributed by atoms with E-state index in [0.717, 1.165) is 42.6 Å². The number of alkyl halides is 3. The summed E-state index contributed by atoms with van der Waals surface area (Å²) >= 11 is 1.04. The van der Waals surface area contributed by atoms with Gasteiger partial charge in [-0.1, -0.05) is 0 Å². The van der Waals surface area contributed by atoms with E-state index in [-0.39, 0.29) is 0 Å². The summed E-state index contributed by atoms with van der Waals surface area (Å²) < 4.78 is 37.5. The summed E-state index contributed by atoms with van der Waals surface area (Å²) in [5, 5.41) is 7.88. The Morgan fingerprint density at radius 3 is 2.60 bits per heavy atom. The molecule has 0 radical (unpaired) electrons. The first kappa shape index (κ1) is 20.0. The normalized spacial score (nSPS) is 16.4. The highest BCUT2D eigenvalue weighted by Crippen LogP contribution is 2.29. The highest BCUT2D eigenvalue weighted by Gasteiger charge is 2.33. The molecular weight excluding hydrogens is 351 g/mol. The fraction of sp³-hybridized carbons (Fsp3) is 0.750. The molecule has 5 nitrogen and oxygen atoms in total. The Bertz CT molecular complexity index is 538. The largest absolute Gasteiger partial charge is 0.434 e. The van der Waals surface area contributed by atoms with E-state index in [1.807, 2.05) is 0 Å². The first-order chi connectivity index (χ1) is 12.0. The predicted molar refractivity (Wildman–Crippen MR) is 95.1 cm³/mol. The van der Waals surface area contributed by atoms with Gasteiger partial charge in [0, 0.05) is 31.9 Å². The maximum absolute atomic E-state index is 12.5. The lowest BCUT2D eigenvalue weighted by Crippen LogP contribution is -2.38. The van der Waals surface area contributed by atoms with Gasteiger partial charge in [0.1, 0.15) is 0 Å². The maximum atomic E-state index is 12.5. The zero-order valence-corrected chi connectivity index (χ0v) is 15.3. The fourth-order valence-electron chi connectivity index (χ4n) is 2.74. The van der Waals surface area contributed by atoms with Gasteiger partial charge in [0.2, 0.25) is 0 Å². The van der Waals surface area contributed by atoms with E-state index < -0.39 is 11.9 Å². The molecule has 0 bridgehead atoms. The number of aromatic nitrogens is 1. The molecule has 1 aromatic rings. The molecule has 0 aliphatic carbocycles. The van der Waals surface area contributed by atoms with E-state index in [2.05, 4.69) is 25.5 Å². The average molecular weight is 377 g/mol. The van der Waals surface area contributed by atoms with Gasteiger partial charge in [-0.05, 0) is 45.3 Å². The van der Waals surface area contributed by atoms with Gasteiger partial charge in [0.15, 0.2) is 11.7 Å². The topological polar surface area (TPSA) is 52.6 Å². The Balaban J connectivity index is 1.57. The van der Waals surface area contributed by atoms with Crippen molar-refractivity contribution < 1.29 is 13.2 Å². The molecule has 9 heteroatoms. The summed E-state index contributed by atoms with van der Waals surface area (Å²) in [7, 11) is 1.69. The number of rotatable bonds is 8. The van der Waals surface area contributed by atoms with Gasteiger partial charge in [-0.15, -0.1) is 11.3 Å². The van der Waals surface area contributed by atoms with Crippen molar-refractivity contribution in [2.24, 2.45) is 4.99 Å². The number of thiazole rings is 1. The molecule has 1 fully saturated rings. The van der Waals surface area contributed by atoms with Gasteiger partial charge in [-0.25, -0.2) is 4.98 Å². The van der Waals surface area contributed by atoms with Gasteiger partial charge in [0.25, 0.3) is 0 Å². The van der Waals surface area contributed by atoms with Crippen LogP contribution in [0.3, 0.4) is 0 Å². The minimum atomic E-state index is -4.37. The third-order valence-corrected chi connectivity index (χ3v) is 5.00. The van der Waals surface area contributed by atoms with Crippen LogP contribution in [0.2, 0.25) is 0 Å². The Hall–Kier alpha value is -1.35. The average Bonchev–Trinajstić information content (AvgIpc) is 3.24. The highest BCUT2D eigenvalue weighted by atomic mass is 32.1. The van der Waals surface area contributed by atoms with E-state index in [4.69, 9.17) is 0 Å². The third-order valence-electron chi connectivity index (χ3n) is 4.09.